The number of rotatable bonds is 3. The van der Waals surface area contributed by atoms with Crippen molar-refractivity contribution in [1.29, 1.82) is 0 Å². The smallest absolute Gasteiger partial charge is 0.263 e. The minimum absolute atomic E-state index is 0.0490. The number of nitrogens with one attached hydrogen (secondary N) is 2. The van der Waals surface area contributed by atoms with Gasteiger partial charge in [0.1, 0.15) is 5.39 Å². The van der Waals surface area contributed by atoms with Gasteiger partial charge in [0.05, 0.1) is 12.2 Å². The number of H-pyrrole nitrogens is 2. The van der Waals surface area contributed by atoms with Gasteiger partial charge in [-0.05, 0) is 37.3 Å². The first kappa shape index (κ1) is 19.0. The monoisotopic (exact) mass is 442 g/mol. The maximum Gasteiger partial charge on any atom is 0.263 e. The van der Waals surface area contributed by atoms with Gasteiger partial charge in [0.25, 0.3) is 5.56 Å². The Labute approximate surface area is 190 Å². The molecule has 33 heavy (non-hydrogen) atoms. The Morgan fingerprint density at radius 3 is 2.61 bits per heavy atom. The fourth-order valence-corrected chi connectivity index (χ4v) is 6.16. The largest absolute Gasteiger partial charge is 0.342 e. The van der Waals surface area contributed by atoms with Crippen LogP contribution < -0.4 is 16.2 Å². The number of nitrogens with two attached hydrogens (primary N) is 1. The number of hydrogen-bond acceptors (Lipinski definition) is 6. The lowest BCUT2D eigenvalue weighted by atomic mass is 9.72. The van der Waals surface area contributed by atoms with Crippen LogP contribution in [0.4, 0.5) is 5.95 Å². The number of aromatic nitrogens is 6. The molecule has 5 heterocycles. The SMILES string of the molecule is N[C@@H]1Cn2nccc2C12CCN(c1nc3[nH]nc(C4(c5ccccc5)CC4)c3c(=O)[nH]1)CC2. The summed E-state index contributed by atoms with van der Waals surface area (Å²) in [5, 5.41) is 12.6. The van der Waals surface area contributed by atoms with E-state index in [0.717, 1.165) is 51.0 Å². The van der Waals surface area contributed by atoms with Gasteiger partial charge in [0.15, 0.2) is 5.65 Å². The molecule has 0 unspecified atom stereocenters. The second-order valence-electron chi connectivity index (χ2n) is 9.78. The lowest BCUT2D eigenvalue weighted by Gasteiger charge is -2.41. The van der Waals surface area contributed by atoms with Crippen molar-refractivity contribution in [1.82, 2.24) is 29.9 Å². The zero-order chi connectivity index (χ0) is 22.2. The van der Waals surface area contributed by atoms with Crippen LogP contribution in [0.2, 0.25) is 0 Å². The summed E-state index contributed by atoms with van der Waals surface area (Å²) in [5.41, 5.74) is 10.0. The van der Waals surface area contributed by atoms with Crippen molar-refractivity contribution in [2.75, 3.05) is 18.0 Å². The molecule has 3 aromatic heterocycles. The highest BCUT2D eigenvalue weighted by atomic mass is 16.1. The first-order valence-corrected chi connectivity index (χ1v) is 11.7. The van der Waals surface area contributed by atoms with E-state index < -0.39 is 0 Å². The highest BCUT2D eigenvalue weighted by Crippen LogP contribution is 2.53. The summed E-state index contributed by atoms with van der Waals surface area (Å²) in [5.74, 6) is 0.599. The van der Waals surface area contributed by atoms with Gasteiger partial charge in [-0.3, -0.25) is 19.6 Å². The Morgan fingerprint density at radius 2 is 1.85 bits per heavy atom. The van der Waals surface area contributed by atoms with Gasteiger partial charge in [-0.25, -0.2) is 0 Å². The molecule has 0 radical (unpaired) electrons. The van der Waals surface area contributed by atoms with Gasteiger partial charge < -0.3 is 10.6 Å². The van der Waals surface area contributed by atoms with Crippen LogP contribution >= 0.6 is 0 Å². The molecule has 4 aromatic rings. The molecule has 2 aliphatic heterocycles. The van der Waals surface area contributed by atoms with E-state index in [0.29, 0.717) is 17.0 Å². The molecular formula is C24H26N8O. The predicted molar refractivity (Wildman–Crippen MR) is 124 cm³/mol. The zero-order valence-electron chi connectivity index (χ0n) is 18.3. The fraction of sp³-hybridized carbons (Fsp3) is 0.417. The molecule has 9 heteroatoms. The van der Waals surface area contributed by atoms with E-state index >= 15 is 0 Å². The number of anilines is 1. The van der Waals surface area contributed by atoms with Gasteiger partial charge in [-0.1, -0.05) is 30.3 Å². The number of benzene rings is 1. The van der Waals surface area contributed by atoms with Crippen LogP contribution in [0.3, 0.4) is 0 Å². The summed E-state index contributed by atoms with van der Waals surface area (Å²) in [6, 6.07) is 12.5. The van der Waals surface area contributed by atoms with Crippen LogP contribution in [0.25, 0.3) is 11.0 Å². The van der Waals surface area contributed by atoms with Crippen molar-refractivity contribution < 1.29 is 0 Å². The highest BCUT2D eigenvalue weighted by Gasteiger charge is 2.50. The minimum Gasteiger partial charge on any atom is -0.342 e. The third kappa shape index (κ3) is 2.56. The number of aromatic amines is 2. The molecule has 1 aliphatic carbocycles. The Morgan fingerprint density at radius 1 is 1.06 bits per heavy atom. The summed E-state index contributed by atoms with van der Waals surface area (Å²) < 4.78 is 2.04. The van der Waals surface area contributed by atoms with E-state index in [1.807, 2.05) is 29.1 Å². The molecule has 1 saturated heterocycles. The van der Waals surface area contributed by atoms with Crippen LogP contribution in [-0.2, 0) is 17.4 Å². The van der Waals surface area contributed by atoms with Crippen LogP contribution in [0.15, 0.2) is 47.4 Å². The van der Waals surface area contributed by atoms with Crippen LogP contribution in [0.1, 0.15) is 42.6 Å². The third-order valence-corrected chi connectivity index (χ3v) is 8.21. The molecule has 0 amide bonds. The standard InChI is InChI=1S/C24H26N8O/c25-16-14-32-17(6-11-26-32)24(16)9-12-31(13-10-24)22-27-20-18(21(33)28-22)19(29-30-20)23(7-8-23)15-4-2-1-3-5-15/h1-6,11,16H,7-10,12-14,25H2,(H2,27,28,29,30,33)/t16-/m1/s1. The molecule has 4 N–H and O–H groups in total. The number of hydrogen-bond donors (Lipinski definition) is 3. The van der Waals surface area contributed by atoms with Crippen molar-refractivity contribution in [3.63, 3.8) is 0 Å². The molecule has 0 bridgehead atoms. The summed E-state index contributed by atoms with van der Waals surface area (Å²) >= 11 is 0. The molecule has 1 atom stereocenters. The summed E-state index contributed by atoms with van der Waals surface area (Å²) in [4.78, 5) is 23.2. The maximum absolute atomic E-state index is 13.2. The fourth-order valence-electron chi connectivity index (χ4n) is 6.16. The lowest BCUT2D eigenvalue weighted by molar-refractivity contribution is 0.290. The normalized spacial score (nSPS) is 22.7. The molecule has 168 valence electrons. The van der Waals surface area contributed by atoms with Crippen molar-refractivity contribution in [3.05, 3.63) is 69.9 Å². The molecule has 3 aliphatic rings. The first-order valence-electron chi connectivity index (χ1n) is 11.7. The number of nitrogens with zero attached hydrogens (tertiary/aromatic N) is 5. The van der Waals surface area contributed by atoms with Crippen molar-refractivity contribution in [2.45, 2.75) is 49.1 Å². The molecule has 1 aromatic carbocycles. The summed E-state index contributed by atoms with van der Waals surface area (Å²) in [6.45, 7) is 2.33. The molecule has 1 spiro atoms. The van der Waals surface area contributed by atoms with Crippen molar-refractivity contribution in [3.8, 4) is 0 Å². The minimum atomic E-state index is -0.186. The van der Waals surface area contributed by atoms with Gasteiger partial charge in [-0.2, -0.15) is 15.2 Å². The molecule has 9 nitrogen and oxygen atoms in total. The van der Waals surface area contributed by atoms with Crippen molar-refractivity contribution in [2.24, 2.45) is 5.73 Å². The second kappa shape index (κ2) is 6.54. The van der Waals surface area contributed by atoms with E-state index in [-0.39, 0.29) is 22.4 Å². The van der Waals surface area contributed by atoms with E-state index in [4.69, 9.17) is 10.7 Å². The average molecular weight is 443 g/mol. The third-order valence-electron chi connectivity index (χ3n) is 8.21. The Balaban J connectivity index is 1.20. The van der Waals surface area contributed by atoms with Crippen LogP contribution in [-0.4, -0.2) is 49.1 Å². The zero-order valence-corrected chi connectivity index (χ0v) is 18.3. The number of fused-ring (bicyclic) bond motifs is 3. The Bertz CT molecular complexity index is 1410. The quantitative estimate of drug-likeness (QED) is 0.445. The van der Waals surface area contributed by atoms with Crippen LogP contribution in [0.5, 0.6) is 0 Å². The molecular weight excluding hydrogens is 416 g/mol. The molecule has 1 saturated carbocycles. The van der Waals surface area contributed by atoms with Crippen LogP contribution in [0, 0.1) is 0 Å². The summed E-state index contributed by atoms with van der Waals surface area (Å²) in [6.07, 6.45) is 5.66. The van der Waals surface area contributed by atoms with E-state index in [9.17, 15) is 4.79 Å². The lowest BCUT2D eigenvalue weighted by Crippen LogP contribution is -2.51. The highest BCUT2D eigenvalue weighted by molar-refractivity contribution is 5.80. The summed E-state index contributed by atoms with van der Waals surface area (Å²) in [7, 11) is 0. The first-order chi connectivity index (χ1) is 16.1. The van der Waals surface area contributed by atoms with Gasteiger partial charge in [0, 0.05) is 41.9 Å². The van der Waals surface area contributed by atoms with Gasteiger partial charge in [-0.15, -0.1) is 0 Å². The Kier molecular flexibility index (Phi) is 3.77. The van der Waals surface area contributed by atoms with E-state index in [2.05, 4.69) is 43.4 Å². The second-order valence-corrected chi connectivity index (χ2v) is 9.78. The molecule has 2 fully saturated rings. The topological polar surface area (TPSA) is 122 Å². The molecule has 7 rings (SSSR count). The maximum atomic E-state index is 13.2. The average Bonchev–Trinajstić information content (AvgIpc) is 3.18. The predicted octanol–water partition coefficient (Wildman–Crippen LogP) is 1.80. The number of piperidine rings is 1. The van der Waals surface area contributed by atoms with Gasteiger partial charge in [0.2, 0.25) is 5.95 Å². The van der Waals surface area contributed by atoms with E-state index in [1.54, 1.807) is 0 Å². The van der Waals surface area contributed by atoms with Crippen molar-refractivity contribution >= 4 is 17.0 Å². The van der Waals surface area contributed by atoms with E-state index in [1.165, 1.54) is 11.3 Å². The Hall–Kier alpha value is -3.46. The van der Waals surface area contributed by atoms with Gasteiger partial charge >= 0.3 is 0 Å².